The molecule has 2 unspecified atom stereocenters. The second-order valence-electron chi connectivity index (χ2n) is 5.92. The maximum absolute atomic E-state index is 12.5. The van der Waals surface area contributed by atoms with Crippen LogP contribution in [0.4, 0.5) is 0 Å². The van der Waals surface area contributed by atoms with Gasteiger partial charge in [0.2, 0.25) is 15.9 Å². The zero-order chi connectivity index (χ0) is 16.6. The molecule has 0 aliphatic carbocycles. The highest BCUT2D eigenvalue weighted by atomic mass is 32.2. The molecule has 1 aromatic rings. The summed E-state index contributed by atoms with van der Waals surface area (Å²) in [5.41, 5.74) is 0.664. The summed E-state index contributed by atoms with van der Waals surface area (Å²) in [5.74, 6) is -1.61. The Bertz CT molecular complexity index is 719. The van der Waals surface area contributed by atoms with Gasteiger partial charge < -0.3 is 10.0 Å². The highest BCUT2D eigenvalue weighted by Gasteiger charge is 2.46. The Labute approximate surface area is 134 Å². The van der Waals surface area contributed by atoms with Gasteiger partial charge in [0.1, 0.15) is 6.04 Å². The van der Waals surface area contributed by atoms with E-state index in [1.54, 1.807) is 24.3 Å². The van der Waals surface area contributed by atoms with Crippen molar-refractivity contribution in [1.82, 2.24) is 9.21 Å². The molecule has 0 spiro atoms. The quantitative estimate of drug-likeness (QED) is 0.851. The first-order valence-corrected chi connectivity index (χ1v) is 9.05. The molecule has 124 valence electrons. The van der Waals surface area contributed by atoms with Crippen molar-refractivity contribution in [3.63, 3.8) is 0 Å². The van der Waals surface area contributed by atoms with Gasteiger partial charge in [-0.1, -0.05) is 30.3 Å². The van der Waals surface area contributed by atoms with Gasteiger partial charge in [-0.15, -0.1) is 0 Å². The third-order valence-electron chi connectivity index (χ3n) is 4.39. The van der Waals surface area contributed by atoms with Gasteiger partial charge in [0.25, 0.3) is 0 Å². The van der Waals surface area contributed by atoms with E-state index in [9.17, 15) is 18.0 Å². The zero-order valence-corrected chi connectivity index (χ0v) is 13.3. The molecule has 23 heavy (non-hydrogen) atoms. The minimum atomic E-state index is -3.61. The lowest BCUT2D eigenvalue weighted by Crippen LogP contribution is -2.58. The number of hydrogen-bond donors (Lipinski definition) is 1. The van der Waals surface area contributed by atoms with Crippen molar-refractivity contribution >= 4 is 21.9 Å². The molecule has 7 nitrogen and oxygen atoms in total. The summed E-state index contributed by atoms with van der Waals surface area (Å²) in [6.07, 6.45) is 0.887. The molecule has 2 atom stereocenters. The summed E-state index contributed by atoms with van der Waals surface area (Å²) in [4.78, 5) is 24.8. The van der Waals surface area contributed by atoms with E-state index < -0.39 is 27.9 Å². The summed E-state index contributed by atoms with van der Waals surface area (Å²) in [6.45, 7) is -0.111. The molecule has 0 aromatic heterocycles. The lowest BCUT2D eigenvalue weighted by molar-refractivity contribution is -0.151. The maximum Gasteiger partial charge on any atom is 0.326 e. The first kappa shape index (κ1) is 15.9. The summed E-state index contributed by atoms with van der Waals surface area (Å²) < 4.78 is 26.3. The van der Waals surface area contributed by atoms with E-state index in [1.165, 1.54) is 9.21 Å². The molecular weight excluding hydrogens is 320 g/mol. The van der Waals surface area contributed by atoms with Crippen molar-refractivity contribution in [2.24, 2.45) is 0 Å². The van der Waals surface area contributed by atoms with Crippen molar-refractivity contribution in [2.75, 3.05) is 13.1 Å². The minimum Gasteiger partial charge on any atom is -0.480 e. The van der Waals surface area contributed by atoms with Crippen LogP contribution < -0.4 is 0 Å². The number of hydrogen-bond acceptors (Lipinski definition) is 4. The van der Waals surface area contributed by atoms with Crippen LogP contribution in [0.2, 0.25) is 0 Å². The predicted octanol–water partition coefficient (Wildman–Crippen LogP) is 0.276. The van der Waals surface area contributed by atoms with Crippen LogP contribution >= 0.6 is 0 Å². The molecule has 2 fully saturated rings. The Morgan fingerprint density at radius 1 is 1.22 bits per heavy atom. The van der Waals surface area contributed by atoms with Crippen LogP contribution in [0, 0.1) is 0 Å². The molecule has 0 saturated carbocycles. The standard InChI is InChI=1S/C15H18N2O5S/c18-14-9-16(8-12-6-7-13(15(19)20)17(12)14)23(21,22)10-11-4-2-1-3-5-11/h1-5,12-13H,6-10H2,(H,19,20). The van der Waals surface area contributed by atoms with Gasteiger partial charge >= 0.3 is 5.97 Å². The average Bonchev–Trinajstić information content (AvgIpc) is 2.92. The molecule has 2 saturated heterocycles. The number of aliphatic carboxylic acids is 1. The van der Waals surface area contributed by atoms with E-state index in [0.717, 1.165) is 0 Å². The van der Waals surface area contributed by atoms with Crippen LogP contribution in [-0.2, 0) is 25.4 Å². The monoisotopic (exact) mass is 338 g/mol. The van der Waals surface area contributed by atoms with Crippen molar-refractivity contribution < 1.29 is 23.1 Å². The third-order valence-corrected chi connectivity index (χ3v) is 6.15. The summed E-state index contributed by atoms with van der Waals surface area (Å²) in [6, 6.07) is 7.62. The predicted molar refractivity (Wildman–Crippen MR) is 81.9 cm³/mol. The van der Waals surface area contributed by atoms with Crippen LogP contribution in [0.5, 0.6) is 0 Å². The van der Waals surface area contributed by atoms with Crippen molar-refractivity contribution in [3.8, 4) is 0 Å². The van der Waals surface area contributed by atoms with E-state index in [1.807, 2.05) is 6.07 Å². The molecule has 2 aliphatic rings. The SMILES string of the molecule is O=C(O)C1CCC2CN(S(=O)(=O)Cc3ccccc3)CC(=O)N21. The average molecular weight is 338 g/mol. The normalized spacial score (nSPS) is 25.4. The Hall–Kier alpha value is -1.93. The smallest absolute Gasteiger partial charge is 0.326 e. The van der Waals surface area contributed by atoms with Crippen molar-refractivity contribution in [2.45, 2.75) is 30.7 Å². The zero-order valence-electron chi connectivity index (χ0n) is 12.5. The highest BCUT2D eigenvalue weighted by molar-refractivity contribution is 7.88. The second-order valence-corrected chi connectivity index (χ2v) is 7.89. The van der Waals surface area contributed by atoms with Gasteiger partial charge in [0.05, 0.1) is 12.3 Å². The largest absolute Gasteiger partial charge is 0.480 e. The fourth-order valence-electron chi connectivity index (χ4n) is 3.30. The number of rotatable bonds is 4. The second kappa shape index (κ2) is 5.93. The summed E-state index contributed by atoms with van der Waals surface area (Å²) in [7, 11) is -3.61. The van der Waals surface area contributed by atoms with Crippen LogP contribution in [-0.4, -0.2) is 59.8 Å². The molecule has 3 rings (SSSR count). The van der Waals surface area contributed by atoms with Gasteiger partial charge in [-0.2, -0.15) is 4.31 Å². The number of carboxylic acid groups (broad SMARTS) is 1. The Balaban J connectivity index is 1.76. The molecule has 2 aliphatic heterocycles. The van der Waals surface area contributed by atoms with E-state index in [2.05, 4.69) is 0 Å². The Morgan fingerprint density at radius 2 is 1.91 bits per heavy atom. The van der Waals surface area contributed by atoms with Crippen LogP contribution in [0.1, 0.15) is 18.4 Å². The number of carbonyl (C=O) groups excluding carboxylic acids is 1. The van der Waals surface area contributed by atoms with Gasteiger partial charge in [-0.25, -0.2) is 13.2 Å². The number of carboxylic acids is 1. The number of benzene rings is 1. The highest BCUT2D eigenvalue weighted by Crippen LogP contribution is 2.30. The van der Waals surface area contributed by atoms with E-state index in [4.69, 9.17) is 5.11 Å². The van der Waals surface area contributed by atoms with Gasteiger partial charge in [0, 0.05) is 12.6 Å². The number of amides is 1. The topological polar surface area (TPSA) is 95.0 Å². The Kier molecular flexibility index (Phi) is 4.11. The Morgan fingerprint density at radius 3 is 2.57 bits per heavy atom. The van der Waals surface area contributed by atoms with Gasteiger partial charge in [0.15, 0.2) is 0 Å². The van der Waals surface area contributed by atoms with Crippen molar-refractivity contribution in [3.05, 3.63) is 35.9 Å². The number of piperazine rings is 1. The molecule has 1 aromatic carbocycles. The molecule has 1 amide bonds. The molecule has 8 heteroatoms. The minimum absolute atomic E-state index is 0.157. The fourth-order valence-corrected chi connectivity index (χ4v) is 4.80. The number of fused-ring (bicyclic) bond motifs is 1. The first-order chi connectivity index (χ1) is 10.9. The summed E-state index contributed by atoms with van der Waals surface area (Å²) in [5, 5.41) is 9.16. The number of carbonyl (C=O) groups is 2. The molecule has 0 radical (unpaired) electrons. The van der Waals surface area contributed by atoms with Gasteiger partial charge in [-0.05, 0) is 18.4 Å². The molecule has 2 heterocycles. The van der Waals surface area contributed by atoms with E-state index in [0.29, 0.717) is 18.4 Å². The number of sulfonamides is 1. The lowest BCUT2D eigenvalue weighted by Gasteiger charge is -2.38. The number of nitrogens with zero attached hydrogens (tertiary/aromatic N) is 2. The van der Waals surface area contributed by atoms with Crippen LogP contribution in [0.25, 0.3) is 0 Å². The third kappa shape index (κ3) is 3.09. The molecular formula is C15H18N2O5S. The lowest BCUT2D eigenvalue weighted by atomic mass is 10.2. The van der Waals surface area contributed by atoms with Gasteiger partial charge in [-0.3, -0.25) is 4.79 Å². The van der Waals surface area contributed by atoms with Crippen LogP contribution in [0.15, 0.2) is 30.3 Å². The summed E-state index contributed by atoms with van der Waals surface area (Å²) >= 11 is 0. The molecule has 1 N–H and O–H groups in total. The first-order valence-electron chi connectivity index (χ1n) is 7.44. The van der Waals surface area contributed by atoms with Crippen molar-refractivity contribution in [1.29, 1.82) is 0 Å². The molecule has 0 bridgehead atoms. The maximum atomic E-state index is 12.5. The van der Waals surface area contributed by atoms with Crippen LogP contribution in [0.3, 0.4) is 0 Å². The fraction of sp³-hybridized carbons (Fsp3) is 0.467. The van der Waals surface area contributed by atoms with E-state index in [-0.39, 0.29) is 24.9 Å². The van der Waals surface area contributed by atoms with E-state index >= 15 is 0 Å².